The molecule has 35 heavy (non-hydrogen) atoms. The van der Waals surface area contributed by atoms with Crippen LogP contribution >= 0.6 is 11.3 Å². The van der Waals surface area contributed by atoms with Gasteiger partial charge in [-0.05, 0) is 30.4 Å². The first-order valence-corrected chi connectivity index (χ1v) is 12.6. The molecule has 0 aliphatic carbocycles. The van der Waals surface area contributed by atoms with Gasteiger partial charge in [0.25, 0.3) is 0 Å². The third kappa shape index (κ3) is 5.46. The Kier molecular flexibility index (Phi) is 7.10. The summed E-state index contributed by atoms with van der Waals surface area (Å²) in [5.74, 6) is -0.669. The number of aryl methyl sites for hydroxylation is 2. The van der Waals surface area contributed by atoms with E-state index in [0.717, 1.165) is 21.7 Å². The van der Waals surface area contributed by atoms with Crippen LogP contribution in [0.3, 0.4) is 0 Å². The Balaban J connectivity index is 1.46. The van der Waals surface area contributed by atoms with E-state index >= 15 is 0 Å². The standard InChI is InChI=1S/C26H32N4O4S/c1-15-10-21(34-29-15)22(26(3,4)5)25(33)30-13-19(31)11-20(30)24(32)27-12-17-6-8-18(9-7-17)23-16(2)28-14-35-23/h6-10,14,19-20,22,31H,11-13H2,1-5H3,(H,27,32)/t19-,20+,22-/m1/s1. The van der Waals surface area contributed by atoms with Crippen molar-refractivity contribution in [3.05, 3.63) is 58.6 Å². The Bertz CT molecular complexity index is 1190. The summed E-state index contributed by atoms with van der Waals surface area (Å²) in [6, 6.07) is 9.00. The molecule has 0 bridgehead atoms. The van der Waals surface area contributed by atoms with E-state index in [2.05, 4.69) is 15.5 Å². The lowest BCUT2D eigenvalue weighted by Gasteiger charge is -2.33. The number of hydrogen-bond donors (Lipinski definition) is 2. The Morgan fingerprint density at radius 3 is 2.54 bits per heavy atom. The maximum Gasteiger partial charge on any atom is 0.243 e. The number of carbonyl (C=O) groups excluding carboxylic acids is 2. The molecule has 0 spiro atoms. The molecule has 3 atom stereocenters. The summed E-state index contributed by atoms with van der Waals surface area (Å²) >= 11 is 1.60. The Morgan fingerprint density at radius 1 is 1.26 bits per heavy atom. The zero-order valence-corrected chi connectivity index (χ0v) is 21.6. The molecule has 8 nitrogen and oxygen atoms in total. The normalized spacial score (nSPS) is 19.1. The number of carbonyl (C=O) groups is 2. The minimum Gasteiger partial charge on any atom is -0.391 e. The summed E-state index contributed by atoms with van der Waals surface area (Å²) in [5, 5.41) is 17.2. The highest BCUT2D eigenvalue weighted by Crippen LogP contribution is 2.38. The molecule has 2 amide bonds. The molecule has 0 radical (unpaired) electrons. The van der Waals surface area contributed by atoms with Gasteiger partial charge in [-0.1, -0.05) is 50.2 Å². The van der Waals surface area contributed by atoms with Gasteiger partial charge in [-0.2, -0.15) is 0 Å². The fraction of sp³-hybridized carbons (Fsp3) is 0.462. The molecule has 2 aromatic heterocycles. The van der Waals surface area contributed by atoms with Crippen molar-refractivity contribution in [1.82, 2.24) is 20.4 Å². The van der Waals surface area contributed by atoms with Crippen molar-refractivity contribution in [2.75, 3.05) is 6.54 Å². The maximum absolute atomic E-state index is 13.7. The number of nitrogens with zero attached hydrogens (tertiary/aromatic N) is 3. The second kappa shape index (κ2) is 9.91. The van der Waals surface area contributed by atoms with Gasteiger partial charge in [-0.25, -0.2) is 4.98 Å². The van der Waals surface area contributed by atoms with E-state index in [0.29, 0.717) is 18.0 Å². The highest BCUT2D eigenvalue weighted by molar-refractivity contribution is 7.13. The Hall–Kier alpha value is -3.04. The van der Waals surface area contributed by atoms with Crippen LogP contribution in [-0.4, -0.2) is 50.7 Å². The minimum atomic E-state index is -0.756. The summed E-state index contributed by atoms with van der Waals surface area (Å²) in [7, 11) is 0. The summed E-state index contributed by atoms with van der Waals surface area (Å²) in [6.07, 6.45) is -0.554. The molecule has 9 heteroatoms. The number of aliphatic hydroxyl groups excluding tert-OH is 1. The molecule has 1 fully saturated rings. The topological polar surface area (TPSA) is 109 Å². The maximum atomic E-state index is 13.7. The van der Waals surface area contributed by atoms with Gasteiger partial charge in [-0.3, -0.25) is 9.59 Å². The van der Waals surface area contributed by atoms with Gasteiger partial charge in [0.2, 0.25) is 11.8 Å². The fourth-order valence-corrected chi connectivity index (χ4v) is 5.38. The van der Waals surface area contributed by atoms with Crippen molar-refractivity contribution in [1.29, 1.82) is 0 Å². The first kappa shape index (κ1) is 25.1. The Labute approximate surface area is 209 Å². The molecule has 2 N–H and O–H groups in total. The first-order valence-electron chi connectivity index (χ1n) is 11.7. The molecule has 186 valence electrons. The summed E-state index contributed by atoms with van der Waals surface area (Å²) in [6.45, 7) is 10.1. The number of thiazole rings is 1. The molecule has 1 aliphatic heterocycles. The van der Waals surface area contributed by atoms with Crippen LogP contribution in [0.1, 0.15) is 55.8 Å². The van der Waals surface area contributed by atoms with Gasteiger partial charge in [0, 0.05) is 25.6 Å². The predicted octanol–water partition coefficient (Wildman–Crippen LogP) is 3.82. The second-order valence-electron chi connectivity index (χ2n) is 10.2. The van der Waals surface area contributed by atoms with Crippen molar-refractivity contribution in [3.63, 3.8) is 0 Å². The second-order valence-corrected chi connectivity index (χ2v) is 11.1. The van der Waals surface area contributed by atoms with E-state index in [1.54, 1.807) is 24.3 Å². The lowest BCUT2D eigenvalue weighted by Crippen LogP contribution is -2.49. The zero-order chi connectivity index (χ0) is 25.3. The van der Waals surface area contributed by atoms with Crippen molar-refractivity contribution in [2.45, 2.75) is 65.6 Å². The van der Waals surface area contributed by atoms with Crippen LogP contribution in [0.4, 0.5) is 0 Å². The summed E-state index contributed by atoms with van der Waals surface area (Å²) in [4.78, 5) is 33.7. The van der Waals surface area contributed by atoms with Crippen molar-refractivity contribution >= 4 is 23.2 Å². The summed E-state index contributed by atoms with van der Waals surface area (Å²) < 4.78 is 5.44. The smallest absolute Gasteiger partial charge is 0.243 e. The number of rotatable bonds is 6. The number of aliphatic hydroxyl groups is 1. The van der Waals surface area contributed by atoms with E-state index in [4.69, 9.17) is 4.52 Å². The average molecular weight is 497 g/mol. The quantitative estimate of drug-likeness (QED) is 0.537. The van der Waals surface area contributed by atoms with Crippen LogP contribution < -0.4 is 5.32 Å². The van der Waals surface area contributed by atoms with Gasteiger partial charge < -0.3 is 19.8 Å². The third-order valence-electron chi connectivity index (χ3n) is 6.34. The highest BCUT2D eigenvalue weighted by atomic mass is 32.1. The Morgan fingerprint density at radius 2 is 1.97 bits per heavy atom. The highest BCUT2D eigenvalue weighted by Gasteiger charge is 2.45. The van der Waals surface area contributed by atoms with Crippen LogP contribution in [-0.2, 0) is 16.1 Å². The molecular weight excluding hydrogens is 464 g/mol. The monoisotopic (exact) mass is 496 g/mol. The predicted molar refractivity (Wildman–Crippen MR) is 134 cm³/mol. The molecular formula is C26H32N4O4S. The lowest BCUT2D eigenvalue weighted by molar-refractivity contribution is -0.142. The summed E-state index contributed by atoms with van der Waals surface area (Å²) in [5.41, 5.74) is 5.09. The first-order chi connectivity index (χ1) is 16.5. The molecule has 1 aromatic carbocycles. The van der Waals surface area contributed by atoms with Gasteiger partial charge >= 0.3 is 0 Å². The van der Waals surface area contributed by atoms with E-state index in [1.807, 2.05) is 57.5 Å². The lowest BCUT2D eigenvalue weighted by atomic mass is 9.78. The molecule has 1 saturated heterocycles. The van der Waals surface area contributed by atoms with Crippen LogP contribution in [0.5, 0.6) is 0 Å². The van der Waals surface area contributed by atoms with Crippen LogP contribution in [0, 0.1) is 19.3 Å². The van der Waals surface area contributed by atoms with Crippen LogP contribution in [0.2, 0.25) is 0 Å². The van der Waals surface area contributed by atoms with E-state index in [1.165, 1.54) is 4.90 Å². The van der Waals surface area contributed by atoms with Gasteiger partial charge in [0.15, 0.2) is 0 Å². The van der Waals surface area contributed by atoms with Crippen molar-refractivity contribution in [2.24, 2.45) is 5.41 Å². The molecule has 0 saturated carbocycles. The number of nitrogens with one attached hydrogen (secondary N) is 1. The van der Waals surface area contributed by atoms with E-state index in [9.17, 15) is 14.7 Å². The van der Waals surface area contributed by atoms with E-state index in [-0.39, 0.29) is 24.8 Å². The van der Waals surface area contributed by atoms with Gasteiger partial charge in [0.1, 0.15) is 17.7 Å². The fourth-order valence-electron chi connectivity index (χ4n) is 4.57. The van der Waals surface area contributed by atoms with Crippen LogP contribution in [0.15, 0.2) is 40.4 Å². The largest absolute Gasteiger partial charge is 0.391 e. The van der Waals surface area contributed by atoms with Gasteiger partial charge in [-0.15, -0.1) is 11.3 Å². The number of hydrogen-bond acceptors (Lipinski definition) is 7. The van der Waals surface area contributed by atoms with E-state index < -0.39 is 23.5 Å². The van der Waals surface area contributed by atoms with Crippen molar-refractivity contribution in [3.8, 4) is 10.4 Å². The number of aromatic nitrogens is 2. The average Bonchev–Trinajstić information content (AvgIpc) is 3.51. The zero-order valence-electron chi connectivity index (χ0n) is 20.7. The number of benzene rings is 1. The molecule has 0 unspecified atom stereocenters. The van der Waals surface area contributed by atoms with Crippen LogP contribution in [0.25, 0.3) is 10.4 Å². The number of amides is 2. The number of likely N-dealkylation sites (tertiary alicyclic amines) is 1. The van der Waals surface area contributed by atoms with Crippen molar-refractivity contribution < 1.29 is 19.2 Å². The molecule has 4 rings (SSSR count). The van der Waals surface area contributed by atoms with Gasteiger partial charge in [0.05, 0.1) is 27.9 Å². The molecule has 1 aliphatic rings. The third-order valence-corrected chi connectivity index (χ3v) is 7.31. The minimum absolute atomic E-state index is 0.111. The molecule has 3 heterocycles. The number of β-amino-alcohol motifs (C(OH)–C–C–N with tert-alkyl or cyclic N) is 1. The molecule has 3 aromatic rings. The SMILES string of the molecule is Cc1cc([C@H](C(=O)N2C[C@H](O)C[C@H]2C(=O)NCc2ccc(-c3scnc3C)cc2)C(C)(C)C)on1.